The van der Waals surface area contributed by atoms with Gasteiger partial charge in [0.15, 0.2) is 0 Å². The SMILES string of the molecule is OCC1(c2ncc(-c3ccccc3Br)[nH]2)CC1. The van der Waals surface area contributed by atoms with Crippen LogP contribution < -0.4 is 0 Å². The summed E-state index contributed by atoms with van der Waals surface area (Å²) in [5.41, 5.74) is 1.99. The zero-order chi connectivity index (χ0) is 11.9. The fourth-order valence-electron chi connectivity index (χ4n) is 2.03. The van der Waals surface area contributed by atoms with E-state index < -0.39 is 0 Å². The molecule has 88 valence electrons. The molecule has 0 amide bonds. The first-order valence-electron chi connectivity index (χ1n) is 5.66. The molecule has 0 unspecified atom stereocenters. The van der Waals surface area contributed by atoms with Crippen molar-refractivity contribution in [1.29, 1.82) is 0 Å². The second-order valence-corrected chi connectivity index (χ2v) is 5.42. The molecule has 0 radical (unpaired) electrons. The molecule has 17 heavy (non-hydrogen) atoms. The van der Waals surface area contributed by atoms with Crippen LogP contribution in [0.15, 0.2) is 34.9 Å². The number of aromatic amines is 1. The van der Waals surface area contributed by atoms with Crippen molar-refractivity contribution in [3.05, 3.63) is 40.8 Å². The summed E-state index contributed by atoms with van der Waals surface area (Å²) in [6.45, 7) is 0.177. The summed E-state index contributed by atoms with van der Waals surface area (Å²) >= 11 is 3.53. The van der Waals surface area contributed by atoms with E-state index in [0.29, 0.717) is 0 Å². The number of hydrogen-bond acceptors (Lipinski definition) is 2. The van der Waals surface area contributed by atoms with E-state index in [4.69, 9.17) is 0 Å². The minimum Gasteiger partial charge on any atom is -0.395 e. The maximum Gasteiger partial charge on any atom is 0.115 e. The van der Waals surface area contributed by atoms with Gasteiger partial charge in [-0.1, -0.05) is 34.1 Å². The largest absolute Gasteiger partial charge is 0.395 e. The van der Waals surface area contributed by atoms with Crippen molar-refractivity contribution in [2.45, 2.75) is 18.3 Å². The molecule has 3 nitrogen and oxygen atoms in total. The first-order chi connectivity index (χ1) is 8.25. The van der Waals surface area contributed by atoms with Crippen LogP contribution in [0.3, 0.4) is 0 Å². The average molecular weight is 293 g/mol. The highest BCUT2D eigenvalue weighted by molar-refractivity contribution is 9.10. The minimum absolute atomic E-state index is 0.0977. The van der Waals surface area contributed by atoms with Gasteiger partial charge in [0, 0.05) is 10.0 Å². The summed E-state index contributed by atoms with van der Waals surface area (Å²) in [6.07, 6.45) is 3.88. The summed E-state index contributed by atoms with van der Waals surface area (Å²) in [6, 6.07) is 8.04. The Kier molecular flexibility index (Phi) is 2.56. The van der Waals surface area contributed by atoms with Gasteiger partial charge in [0.2, 0.25) is 0 Å². The number of imidazole rings is 1. The molecule has 0 bridgehead atoms. The minimum atomic E-state index is -0.0977. The molecule has 1 aliphatic rings. The molecule has 0 atom stereocenters. The van der Waals surface area contributed by atoms with E-state index in [9.17, 15) is 5.11 Å². The van der Waals surface area contributed by atoms with Crippen LogP contribution in [0.2, 0.25) is 0 Å². The predicted molar refractivity (Wildman–Crippen MR) is 69.7 cm³/mol. The van der Waals surface area contributed by atoms with Crippen LogP contribution in [0.1, 0.15) is 18.7 Å². The van der Waals surface area contributed by atoms with Gasteiger partial charge in [0.25, 0.3) is 0 Å². The Morgan fingerprint density at radius 3 is 2.76 bits per heavy atom. The monoisotopic (exact) mass is 292 g/mol. The number of nitrogens with zero attached hydrogens (tertiary/aromatic N) is 1. The van der Waals surface area contributed by atoms with Gasteiger partial charge in [0.1, 0.15) is 5.82 Å². The first-order valence-corrected chi connectivity index (χ1v) is 6.46. The molecule has 4 heteroatoms. The highest BCUT2D eigenvalue weighted by atomic mass is 79.9. The van der Waals surface area contributed by atoms with Crippen molar-refractivity contribution >= 4 is 15.9 Å². The lowest BCUT2D eigenvalue weighted by Crippen LogP contribution is -2.13. The number of aromatic nitrogens is 2. The second kappa shape index (κ2) is 3.96. The van der Waals surface area contributed by atoms with E-state index in [1.54, 1.807) is 0 Å². The Balaban J connectivity index is 1.99. The fraction of sp³-hybridized carbons (Fsp3) is 0.308. The highest BCUT2D eigenvalue weighted by Gasteiger charge is 2.46. The third-order valence-electron chi connectivity index (χ3n) is 3.40. The van der Waals surface area contributed by atoms with E-state index in [-0.39, 0.29) is 12.0 Å². The Labute approximate surface area is 108 Å². The summed E-state index contributed by atoms with van der Waals surface area (Å²) in [5, 5.41) is 9.38. The van der Waals surface area contributed by atoms with Gasteiger partial charge in [-0.15, -0.1) is 0 Å². The molecule has 0 saturated heterocycles. The number of aliphatic hydroxyl groups is 1. The molecule has 1 aromatic heterocycles. The van der Waals surface area contributed by atoms with E-state index in [1.165, 1.54) is 0 Å². The average Bonchev–Trinajstić information content (AvgIpc) is 3.00. The van der Waals surface area contributed by atoms with Crippen molar-refractivity contribution in [2.75, 3.05) is 6.61 Å². The number of H-pyrrole nitrogens is 1. The predicted octanol–water partition coefficient (Wildman–Crippen LogP) is 2.86. The first kappa shape index (κ1) is 11.0. The number of hydrogen-bond donors (Lipinski definition) is 2. The lowest BCUT2D eigenvalue weighted by molar-refractivity contribution is 0.250. The molecule has 1 heterocycles. The van der Waals surface area contributed by atoms with Crippen molar-refractivity contribution in [3.8, 4) is 11.3 Å². The number of rotatable bonds is 3. The normalized spacial score (nSPS) is 17.1. The highest BCUT2D eigenvalue weighted by Crippen LogP contribution is 2.46. The lowest BCUT2D eigenvalue weighted by atomic mass is 10.1. The molecule has 0 spiro atoms. The smallest absolute Gasteiger partial charge is 0.115 e. The second-order valence-electron chi connectivity index (χ2n) is 4.56. The molecule has 2 N–H and O–H groups in total. The van der Waals surface area contributed by atoms with Crippen molar-refractivity contribution < 1.29 is 5.11 Å². The van der Waals surface area contributed by atoms with E-state index in [2.05, 4.69) is 25.9 Å². The van der Waals surface area contributed by atoms with E-state index in [1.807, 2.05) is 30.5 Å². The maximum absolute atomic E-state index is 9.38. The van der Waals surface area contributed by atoms with Crippen LogP contribution in [0.4, 0.5) is 0 Å². The molecule has 1 fully saturated rings. The van der Waals surface area contributed by atoms with Crippen molar-refractivity contribution in [2.24, 2.45) is 0 Å². The van der Waals surface area contributed by atoms with Crippen LogP contribution in [0.5, 0.6) is 0 Å². The maximum atomic E-state index is 9.38. The molecule has 0 aliphatic heterocycles. The third-order valence-corrected chi connectivity index (χ3v) is 4.09. The number of benzene rings is 1. The zero-order valence-electron chi connectivity index (χ0n) is 9.28. The number of halogens is 1. The Morgan fingerprint density at radius 1 is 1.35 bits per heavy atom. The van der Waals surface area contributed by atoms with Crippen LogP contribution >= 0.6 is 15.9 Å². The molecule has 3 rings (SSSR count). The summed E-state index contributed by atoms with van der Waals surface area (Å²) in [4.78, 5) is 7.73. The lowest BCUT2D eigenvalue weighted by Gasteiger charge is -2.07. The van der Waals surface area contributed by atoms with Gasteiger partial charge >= 0.3 is 0 Å². The molecular weight excluding hydrogens is 280 g/mol. The molecular formula is C13H13BrN2O. The Hall–Kier alpha value is -1.13. The quantitative estimate of drug-likeness (QED) is 0.914. The summed E-state index contributed by atoms with van der Waals surface area (Å²) in [5.74, 6) is 0.908. The van der Waals surface area contributed by atoms with E-state index >= 15 is 0 Å². The number of aliphatic hydroxyl groups excluding tert-OH is 1. The van der Waals surface area contributed by atoms with Gasteiger partial charge in [-0.3, -0.25) is 0 Å². The third kappa shape index (κ3) is 1.81. The van der Waals surface area contributed by atoms with Crippen molar-refractivity contribution in [3.63, 3.8) is 0 Å². The van der Waals surface area contributed by atoms with Gasteiger partial charge in [-0.25, -0.2) is 4.98 Å². The Morgan fingerprint density at radius 2 is 2.12 bits per heavy atom. The molecule has 2 aromatic rings. The zero-order valence-corrected chi connectivity index (χ0v) is 10.9. The fourth-order valence-corrected chi connectivity index (χ4v) is 2.53. The van der Waals surface area contributed by atoms with E-state index in [0.717, 1.165) is 34.4 Å². The van der Waals surface area contributed by atoms with Crippen LogP contribution in [0.25, 0.3) is 11.3 Å². The Bertz CT molecular complexity index is 546. The van der Waals surface area contributed by atoms with Gasteiger partial charge in [0.05, 0.1) is 23.9 Å². The van der Waals surface area contributed by atoms with Gasteiger partial charge < -0.3 is 10.1 Å². The summed E-state index contributed by atoms with van der Waals surface area (Å²) < 4.78 is 1.05. The van der Waals surface area contributed by atoms with Crippen LogP contribution in [0, 0.1) is 0 Å². The standard InChI is InChI=1S/C13H13BrN2O/c14-10-4-2-1-3-9(10)11-7-15-12(16-11)13(8-17)5-6-13/h1-4,7,17H,5-6,8H2,(H,15,16). The molecule has 1 saturated carbocycles. The summed E-state index contributed by atoms with van der Waals surface area (Å²) in [7, 11) is 0. The topological polar surface area (TPSA) is 48.9 Å². The van der Waals surface area contributed by atoms with Crippen LogP contribution in [-0.4, -0.2) is 21.7 Å². The van der Waals surface area contributed by atoms with Crippen molar-refractivity contribution in [1.82, 2.24) is 9.97 Å². The number of nitrogens with one attached hydrogen (secondary N) is 1. The molecule has 1 aliphatic carbocycles. The molecule has 1 aromatic carbocycles. The van der Waals surface area contributed by atoms with Gasteiger partial charge in [-0.2, -0.15) is 0 Å². The van der Waals surface area contributed by atoms with Gasteiger partial charge in [-0.05, 0) is 18.9 Å². The van der Waals surface area contributed by atoms with Crippen LogP contribution in [-0.2, 0) is 5.41 Å².